The molecule has 1 saturated heterocycles. The molecule has 0 aromatic heterocycles. The molecule has 3 amide bonds. The molecule has 0 atom stereocenters. The minimum Gasteiger partial charge on any atom is -0.497 e. The standard InChI is InChI=1S/C22H28N4O3/c1-3-11-23-21(27)19-15-17(9-10-20(19)26-12-4-5-13-26)25-22(28)24-16-7-6-8-18(14-16)29-2/h6-10,14-15H,3-5,11-13H2,1-2H3,(H,23,27)(H2,24,25,28). The maximum Gasteiger partial charge on any atom is 0.323 e. The SMILES string of the molecule is CCCNC(=O)c1cc(NC(=O)Nc2cccc(OC)c2)ccc1N1CCCC1. The molecular formula is C22H28N4O3. The molecule has 154 valence electrons. The fourth-order valence-corrected chi connectivity index (χ4v) is 3.36. The smallest absolute Gasteiger partial charge is 0.323 e. The number of anilines is 3. The number of urea groups is 1. The Morgan fingerprint density at radius 1 is 1.03 bits per heavy atom. The van der Waals surface area contributed by atoms with Crippen LogP contribution in [-0.2, 0) is 0 Å². The fourth-order valence-electron chi connectivity index (χ4n) is 3.36. The van der Waals surface area contributed by atoms with Crippen molar-refractivity contribution in [3.8, 4) is 5.75 Å². The third-order valence-corrected chi connectivity index (χ3v) is 4.81. The molecule has 7 nitrogen and oxygen atoms in total. The number of benzene rings is 2. The van der Waals surface area contributed by atoms with Crippen LogP contribution >= 0.6 is 0 Å². The van der Waals surface area contributed by atoms with Gasteiger partial charge in [-0.3, -0.25) is 4.79 Å². The van der Waals surface area contributed by atoms with E-state index in [1.807, 2.05) is 19.1 Å². The molecule has 1 aliphatic heterocycles. The molecule has 0 aliphatic carbocycles. The number of nitrogens with one attached hydrogen (secondary N) is 3. The average molecular weight is 396 g/mol. The van der Waals surface area contributed by atoms with Crippen LogP contribution in [0.1, 0.15) is 36.5 Å². The summed E-state index contributed by atoms with van der Waals surface area (Å²) in [6.45, 7) is 4.52. The summed E-state index contributed by atoms with van der Waals surface area (Å²) in [5.41, 5.74) is 2.68. The van der Waals surface area contributed by atoms with Crippen molar-refractivity contribution >= 4 is 29.0 Å². The first-order valence-electron chi connectivity index (χ1n) is 10.00. The van der Waals surface area contributed by atoms with Crippen molar-refractivity contribution in [2.45, 2.75) is 26.2 Å². The van der Waals surface area contributed by atoms with E-state index in [-0.39, 0.29) is 11.9 Å². The number of hydrogen-bond donors (Lipinski definition) is 3. The number of rotatable bonds is 7. The molecule has 0 spiro atoms. The first kappa shape index (κ1) is 20.5. The minimum absolute atomic E-state index is 0.120. The molecule has 0 saturated carbocycles. The topological polar surface area (TPSA) is 82.7 Å². The van der Waals surface area contributed by atoms with Crippen LogP contribution in [0.2, 0.25) is 0 Å². The van der Waals surface area contributed by atoms with Crippen molar-refractivity contribution in [1.29, 1.82) is 0 Å². The second kappa shape index (κ2) is 9.82. The number of amides is 3. The number of methoxy groups -OCH3 is 1. The summed E-state index contributed by atoms with van der Waals surface area (Å²) in [5, 5.41) is 8.52. The Kier molecular flexibility index (Phi) is 6.94. The summed E-state index contributed by atoms with van der Waals surface area (Å²) in [4.78, 5) is 27.3. The van der Waals surface area contributed by atoms with Crippen molar-refractivity contribution in [2.24, 2.45) is 0 Å². The van der Waals surface area contributed by atoms with Crippen molar-refractivity contribution in [3.05, 3.63) is 48.0 Å². The van der Waals surface area contributed by atoms with Crippen molar-refractivity contribution in [2.75, 3.05) is 42.3 Å². The van der Waals surface area contributed by atoms with E-state index < -0.39 is 0 Å². The number of carbonyl (C=O) groups excluding carboxylic acids is 2. The lowest BCUT2D eigenvalue weighted by atomic mass is 10.1. The van der Waals surface area contributed by atoms with Gasteiger partial charge in [-0.2, -0.15) is 0 Å². The van der Waals surface area contributed by atoms with Crippen LogP contribution in [0.4, 0.5) is 21.9 Å². The van der Waals surface area contributed by atoms with Crippen LogP contribution in [-0.4, -0.2) is 38.7 Å². The van der Waals surface area contributed by atoms with E-state index in [2.05, 4.69) is 20.9 Å². The van der Waals surface area contributed by atoms with Gasteiger partial charge in [0.05, 0.1) is 12.7 Å². The van der Waals surface area contributed by atoms with Crippen LogP contribution in [0, 0.1) is 0 Å². The molecule has 1 heterocycles. The Morgan fingerprint density at radius 3 is 2.45 bits per heavy atom. The molecule has 1 aliphatic rings. The van der Waals surface area contributed by atoms with Gasteiger partial charge in [-0.05, 0) is 49.6 Å². The van der Waals surface area contributed by atoms with Gasteiger partial charge in [0.2, 0.25) is 0 Å². The second-order valence-electron chi connectivity index (χ2n) is 6.99. The Bertz CT molecular complexity index is 863. The van der Waals surface area contributed by atoms with Crippen molar-refractivity contribution < 1.29 is 14.3 Å². The van der Waals surface area contributed by atoms with Gasteiger partial charge in [0.1, 0.15) is 5.75 Å². The zero-order valence-electron chi connectivity index (χ0n) is 17.0. The lowest BCUT2D eigenvalue weighted by Crippen LogP contribution is -2.28. The average Bonchev–Trinajstić information content (AvgIpc) is 3.26. The quantitative estimate of drug-likeness (QED) is 0.659. The van der Waals surface area contributed by atoms with Crippen LogP contribution < -0.4 is 25.6 Å². The van der Waals surface area contributed by atoms with E-state index in [9.17, 15) is 9.59 Å². The van der Waals surface area contributed by atoms with E-state index in [0.717, 1.165) is 38.0 Å². The predicted octanol–water partition coefficient (Wildman–Crippen LogP) is 4.08. The highest BCUT2D eigenvalue weighted by Gasteiger charge is 2.20. The first-order chi connectivity index (χ1) is 14.1. The molecule has 2 aromatic rings. The molecule has 2 aromatic carbocycles. The van der Waals surface area contributed by atoms with Gasteiger partial charge in [0.15, 0.2) is 0 Å². The van der Waals surface area contributed by atoms with E-state index in [4.69, 9.17) is 4.74 Å². The highest BCUT2D eigenvalue weighted by molar-refractivity contribution is 6.04. The summed E-state index contributed by atoms with van der Waals surface area (Å²) in [5.74, 6) is 0.540. The van der Waals surface area contributed by atoms with Gasteiger partial charge >= 0.3 is 6.03 Å². The molecule has 29 heavy (non-hydrogen) atoms. The third kappa shape index (κ3) is 5.40. The van der Waals surface area contributed by atoms with Crippen molar-refractivity contribution in [1.82, 2.24) is 5.32 Å². The maximum atomic E-state index is 12.7. The molecule has 0 bridgehead atoms. The van der Waals surface area contributed by atoms with Gasteiger partial charge < -0.3 is 25.6 Å². The Hall–Kier alpha value is -3.22. The summed E-state index contributed by atoms with van der Waals surface area (Å²) in [7, 11) is 1.58. The normalized spacial score (nSPS) is 13.1. The lowest BCUT2D eigenvalue weighted by Gasteiger charge is -2.22. The van der Waals surface area contributed by atoms with E-state index in [1.165, 1.54) is 0 Å². The van der Waals surface area contributed by atoms with E-state index >= 15 is 0 Å². The van der Waals surface area contributed by atoms with Crippen LogP contribution in [0.3, 0.4) is 0 Å². The molecule has 0 radical (unpaired) electrons. The molecule has 3 N–H and O–H groups in total. The third-order valence-electron chi connectivity index (χ3n) is 4.81. The van der Waals surface area contributed by atoms with Crippen molar-refractivity contribution in [3.63, 3.8) is 0 Å². The maximum absolute atomic E-state index is 12.7. The summed E-state index contributed by atoms with van der Waals surface area (Å²) in [6.07, 6.45) is 3.11. The van der Waals surface area contributed by atoms with Gasteiger partial charge in [0.25, 0.3) is 5.91 Å². The largest absolute Gasteiger partial charge is 0.497 e. The molecule has 3 rings (SSSR count). The lowest BCUT2D eigenvalue weighted by molar-refractivity contribution is 0.0954. The highest BCUT2D eigenvalue weighted by Crippen LogP contribution is 2.28. The molecule has 7 heteroatoms. The zero-order chi connectivity index (χ0) is 20.6. The Morgan fingerprint density at radius 2 is 1.76 bits per heavy atom. The number of hydrogen-bond acceptors (Lipinski definition) is 4. The molecular weight excluding hydrogens is 368 g/mol. The second-order valence-corrected chi connectivity index (χ2v) is 6.99. The summed E-state index contributed by atoms with van der Waals surface area (Å²) < 4.78 is 5.17. The number of carbonyl (C=O) groups is 2. The molecule has 0 unspecified atom stereocenters. The van der Waals surface area contributed by atoms with Gasteiger partial charge in [0, 0.05) is 42.8 Å². The van der Waals surface area contributed by atoms with Gasteiger partial charge in [-0.15, -0.1) is 0 Å². The van der Waals surface area contributed by atoms with Crippen LogP contribution in [0.15, 0.2) is 42.5 Å². The highest BCUT2D eigenvalue weighted by atomic mass is 16.5. The first-order valence-corrected chi connectivity index (χ1v) is 10.00. The summed E-state index contributed by atoms with van der Waals surface area (Å²) in [6, 6.07) is 12.2. The Balaban J connectivity index is 1.76. The zero-order valence-corrected chi connectivity index (χ0v) is 17.0. The summed E-state index contributed by atoms with van der Waals surface area (Å²) >= 11 is 0. The Labute approximate surface area is 171 Å². The van der Waals surface area contributed by atoms with Gasteiger partial charge in [-0.1, -0.05) is 13.0 Å². The van der Waals surface area contributed by atoms with E-state index in [1.54, 1.807) is 37.4 Å². The predicted molar refractivity (Wildman–Crippen MR) is 116 cm³/mol. The van der Waals surface area contributed by atoms with Gasteiger partial charge in [-0.25, -0.2) is 4.79 Å². The van der Waals surface area contributed by atoms with Crippen LogP contribution in [0.5, 0.6) is 5.75 Å². The van der Waals surface area contributed by atoms with Crippen LogP contribution in [0.25, 0.3) is 0 Å². The number of ether oxygens (including phenoxy) is 1. The fraction of sp³-hybridized carbons (Fsp3) is 0.364. The molecule has 1 fully saturated rings. The number of nitrogens with zero attached hydrogens (tertiary/aromatic N) is 1. The monoisotopic (exact) mass is 396 g/mol. The van der Waals surface area contributed by atoms with E-state index in [0.29, 0.717) is 29.2 Å². The minimum atomic E-state index is -0.382.